The maximum atomic E-state index is 15.7. The third-order valence-corrected chi connectivity index (χ3v) is 5.06. The number of benzene rings is 1. The van der Waals surface area contributed by atoms with Crippen LogP contribution in [-0.4, -0.2) is 35.6 Å². The Hall–Kier alpha value is -4.01. The molecule has 4 aromatic rings. The summed E-state index contributed by atoms with van der Waals surface area (Å²) in [6.07, 6.45) is 6.40. The Kier molecular flexibility index (Phi) is 6.21. The monoisotopic (exact) mass is 445 g/mol. The fourth-order valence-corrected chi connectivity index (χ4v) is 3.31. The van der Waals surface area contributed by atoms with Crippen LogP contribution >= 0.6 is 0 Å². The molecule has 0 saturated heterocycles. The van der Waals surface area contributed by atoms with Crippen molar-refractivity contribution in [1.82, 2.24) is 35.0 Å². The maximum Gasteiger partial charge on any atom is 0.251 e. The maximum absolute atomic E-state index is 15.7. The minimum Gasteiger partial charge on any atom is -0.345 e. The van der Waals surface area contributed by atoms with E-state index >= 15 is 4.39 Å². The minimum absolute atomic E-state index is 0.00372. The summed E-state index contributed by atoms with van der Waals surface area (Å²) < 4.78 is 17.1. The van der Waals surface area contributed by atoms with Crippen molar-refractivity contribution in [2.45, 2.75) is 40.2 Å². The van der Waals surface area contributed by atoms with E-state index in [0.29, 0.717) is 17.3 Å². The van der Waals surface area contributed by atoms with Crippen molar-refractivity contribution < 1.29 is 9.18 Å². The summed E-state index contributed by atoms with van der Waals surface area (Å²) in [4.78, 5) is 30.0. The highest BCUT2D eigenvalue weighted by atomic mass is 19.1. The summed E-state index contributed by atoms with van der Waals surface area (Å²) in [6, 6.07) is 6.54. The zero-order valence-electron chi connectivity index (χ0n) is 18.9. The van der Waals surface area contributed by atoms with Crippen molar-refractivity contribution in [2.24, 2.45) is 0 Å². The lowest BCUT2D eigenvalue weighted by Crippen LogP contribution is -2.24. The molecule has 1 N–H and O–H groups in total. The first-order valence-electron chi connectivity index (χ1n) is 10.6. The summed E-state index contributed by atoms with van der Waals surface area (Å²) in [7, 11) is 0. The van der Waals surface area contributed by atoms with Gasteiger partial charge in [0.15, 0.2) is 5.82 Å². The summed E-state index contributed by atoms with van der Waals surface area (Å²) >= 11 is 0. The molecule has 168 valence electrons. The molecule has 9 heteroatoms. The number of aromatic nitrogens is 6. The first kappa shape index (κ1) is 22.2. The summed E-state index contributed by atoms with van der Waals surface area (Å²) in [5.41, 5.74) is 2.90. The van der Waals surface area contributed by atoms with Crippen molar-refractivity contribution in [3.8, 4) is 16.9 Å². The minimum atomic E-state index is -0.530. The molecule has 0 saturated carbocycles. The zero-order valence-corrected chi connectivity index (χ0v) is 18.9. The van der Waals surface area contributed by atoms with E-state index < -0.39 is 5.82 Å². The van der Waals surface area contributed by atoms with Crippen LogP contribution in [0.4, 0.5) is 4.39 Å². The normalized spacial score (nSPS) is 11.1. The lowest BCUT2D eigenvalue weighted by Gasteiger charge is -2.14. The second-order valence-electron chi connectivity index (χ2n) is 8.12. The van der Waals surface area contributed by atoms with Gasteiger partial charge in [0.05, 0.1) is 12.2 Å². The van der Waals surface area contributed by atoms with Gasteiger partial charge >= 0.3 is 0 Å². The first-order chi connectivity index (χ1) is 15.8. The van der Waals surface area contributed by atoms with Crippen molar-refractivity contribution in [1.29, 1.82) is 0 Å². The largest absolute Gasteiger partial charge is 0.345 e. The molecule has 1 aromatic carbocycles. The average molecular weight is 446 g/mol. The number of nitrogens with zero attached hydrogens (tertiary/aromatic N) is 6. The smallest absolute Gasteiger partial charge is 0.251 e. The van der Waals surface area contributed by atoms with E-state index in [4.69, 9.17) is 0 Å². The molecule has 8 nitrogen and oxygen atoms in total. The van der Waals surface area contributed by atoms with Crippen LogP contribution in [0.1, 0.15) is 52.9 Å². The van der Waals surface area contributed by atoms with Crippen LogP contribution < -0.4 is 5.32 Å². The number of hydrogen-bond donors (Lipinski definition) is 1. The first-order valence-corrected chi connectivity index (χ1v) is 10.6. The molecular weight excluding hydrogens is 421 g/mol. The third-order valence-electron chi connectivity index (χ3n) is 5.06. The van der Waals surface area contributed by atoms with E-state index in [0.717, 1.165) is 11.1 Å². The van der Waals surface area contributed by atoms with Crippen molar-refractivity contribution in [2.75, 3.05) is 0 Å². The lowest BCUT2D eigenvalue weighted by atomic mass is 10.0. The molecule has 3 aromatic heterocycles. The molecule has 0 atom stereocenters. The highest BCUT2D eigenvalue weighted by Crippen LogP contribution is 2.29. The SMILES string of the molecule is Cc1ccc(-c2cc(C(=O)NCc3ncc(C)cn3)cc(-n3ncnc3C(C)C)c2F)nc1. The van der Waals surface area contributed by atoms with Crippen LogP contribution in [0.5, 0.6) is 0 Å². The van der Waals surface area contributed by atoms with Gasteiger partial charge in [0.25, 0.3) is 5.91 Å². The molecule has 4 rings (SSSR count). The van der Waals surface area contributed by atoms with Crippen LogP contribution in [-0.2, 0) is 6.54 Å². The molecule has 1 amide bonds. The zero-order chi connectivity index (χ0) is 23.5. The van der Waals surface area contributed by atoms with Gasteiger partial charge in [-0.25, -0.2) is 24.0 Å². The Balaban J connectivity index is 1.76. The van der Waals surface area contributed by atoms with Gasteiger partial charge < -0.3 is 5.32 Å². The van der Waals surface area contributed by atoms with Gasteiger partial charge in [0, 0.05) is 35.6 Å². The second kappa shape index (κ2) is 9.23. The second-order valence-corrected chi connectivity index (χ2v) is 8.12. The van der Waals surface area contributed by atoms with Gasteiger partial charge in [0.1, 0.15) is 23.7 Å². The fraction of sp³-hybridized carbons (Fsp3) is 0.250. The Labute approximate surface area is 191 Å². The van der Waals surface area contributed by atoms with Crippen LogP contribution in [0.2, 0.25) is 0 Å². The predicted molar refractivity (Wildman–Crippen MR) is 121 cm³/mol. The molecular formula is C24H24FN7O. The van der Waals surface area contributed by atoms with Gasteiger partial charge in [-0.3, -0.25) is 9.78 Å². The van der Waals surface area contributed by atoms with Gasteiger partial charge in [-0.1, -0.05) is 19.9 Å². The Morgan fingerprint density at radius 1 is 1.03 bits per heavy atom. The van der Waals surface area contributed by atoms with Gasteiger partial charge in [-0.15, -0.1) is 0 Å². The molecule has 0 aliphatic carbocycles. The van der Waals surface area contributed by atoms with E-state index in [1.807, 2.05) is 33.8 Å². The number of halogens is 1. The fourth-order valence-electron chi connectivity index (χ4n) is 3.31. The van der Waals surface area contributed by atoms with Gasteiger partial charge in [0.2, 0.25) is 0 Å². The molecule has 3 heterocycles. The van der Waals surface area contributed by atoms with E-state index in [1.54, 1.807) is 24.7 Å². The number of nitrogens with one attached hydrogen (secondary N) is 1. The number of aryl methyl sites for hydroxylation is 2. The number of rotatable bonds is 6. The van der Waals surface area contributed by atoms with E-state index in [2.05, 4.69) is 30.4 Å². The quantitative estimate of drug-likeness (QED) is 0.483. The Bertz CT molecular complexity index is 1280. The highest BCUT2D eigenvalue weighted by molar-refractivity contribution is 5.96. The molecule has 0 fully saturated rings. The average Bonchev–Trinajstić information content (AvgIpc) is 3.29. The van der Waals surface area contributed by atoms with Gasteiger partial charge in [-0.2, -0.15) is 5.10 Å². The highest BCUT2D eigenvalue weighted by Gasteiger charge is 2.21. The third kappa shape index (κ3) is 4.77. The van der Waals surface area contributed by atoms with Crippen LogP contribution in [0.15, 0.2) is 49.2 Å². The van der Waals surface area contributed by atoms with Crippen molar-refractivity contribution >= 4 is 5.91 Å². The van der Waals surface area contributed by atoms with Gasteiger partial charge in [-0.05, 0) is 43.2 Å². The molecule has 0 aliphatic heterocycles. The number of carbonyl (C=O) groups is 1. The molecule has 33 heavy (non-hydrogen) atoms. The molecule has 0 radical (unpaired) electrons. The van der Waals surface area contributed by atoms with E-state index in [-0.39, 0.29) is 35.2 Å². The topological polar surface area (TPSA) is 98.5 Å². The molecule has 0 unspecified atom stereocenters. The predicted octanol–water partition coefficient (Wildman–Crippen LogP) is 3.93. The molecule has 0 bridgehead atoms. The standard InChI is InChI=1S/C24H24FN7O/c1-14(2)23-30-13-31-32(23)20-8-17(24(33)29-12-21-27-10-16(4)11-28-21)7-18(22(20)25)19-6-5-15(3)9-26-19/h5-11,13-14H,12H2,1-4H3,(H,29,33). The summed E-state index contributed by atoms with van der Waals surface area (Å²) in [6.45, 7) is 7.82. The number of carbonyl (C=O) groups excluding carboxylic acids is 1. The van der Waals surface area contributed by atoms with Crippen LogP contribution in [0.3, 0.4) is 0 Å². The van der Waals surface area contributed by atoms with Crippen molar-refractivity contribution in [3.63, 3.8) is 0 Å². The molecule has 0 spiro atoms. The summed E-state index contributed by atoms with van der Waals surface area (Å²) in [5.74, 6) is 0.151. The number of pyridine rings is 1. The van der Waals surface area contributed by atoms with Crippen molar-refractivity contribution in [3.05, 3.63) is 83.3 Å². The molecule has 0 aliphatic rings. The van der Waals surface area contributed by atoms with E-state index in [9.17, 15) is 4.79 Å². The van der Waals surface area contributed by atoms with Crippen LogP contribution in [0, 0.1) is 19.7 Å². The van der Waals surface area contributed by atoms with E-state index in [1.165, 1.54) is 23.1 Å². The lowest BCUT2D eigenvalue weighted by molar-refractivity contribution is 0.0950. The summed E-state index contributed by atoms with van der Waals surface area (Å²) in [5, 5.41) is 7.01. The Morgan fingerprint density at radius 3 is 2.42 bits per heavy atom. The number of hydrogen-bond acceptors (Lipinski definition) is 6. The Morgan fingerprint density at radius 2 is 1.76 bits per heavy atom. The number of amides is 1. The van der Waals surface area contributed by atoms with Crippen LogP contribution in [0.25, 0.3) is 16.9 Å².